The lowest BCUT2D eigenvalue weighted by Crippen LogP contribution is -2.54. The molecule has 2 N–H and O–H groups in total. The van der Waals surface area contributed by atoms with Crippen molar-refractivity contribution in [3.8, 4) is 0 Å². The topological polar surface area (TPSA) is 125 Å². The van der Waals surface area contributed by atoms with Gasteiger partial charge in [0.25, 0.3) is 0 Å². The van der Waals surface area contributed by atoms with Crippen LogP contribution in [0.2, 0.25) is 0 Å². The predicted octanol–water partition coefficient (Wildman–Crippen LogP) is -0.312. The number of ether oxygens (including phenoxy) is 2. The molecule has 130 valence electrons. The average Bonchev–Trinajstić information content (AvgIpc) is 2.95. The molecule has 0 aromatic heterocycles. The van der Waals surface area contributed by atoms with Gasteiger partial charge in [0, 0.05) is 0 Å². The first-order valence-corrected chi connectivity index (χ1v) is 6.93. The number of hydrogen-bond acceptors (Lipinski definition) is 6. The van der Waals surface area contributed by atoms with Crippen molar-refractivity contribution >= 4 is 24.1 Å². The molecule has 1 rings (SSSR count). The molecule has 1 saturated heterocycles. The fraction of sp³-hybridized carbons (Fsp3) is 0.692. The van der Waals surface area contributed by atoms with Crippen molar-refractivity contribution in [3.63, 3.8) is 0 Å². The molecule has 0 radical (unpaired) electrons. The van der Waals surface area contributed by atoms with Crippen molar-refractivity contribution in [1.82, 2.24) is 15.1 Å². The van der Waals surface area contributed by atoms with Gasteiger partial charge in [0.2, 0.25) is 5.91 Å². The first-order valence-electron chi connectivity index (χ1n) is 6.93. The molecule has 2 unspecified atom stereocenters. The van der Waals surface area contributed by atoms with E-state index in [4.69, 9.17) is 5.11 Å². The SMILES string of the molecule is COC(=O)NC(C(=O)N1CN(C(=O)O)CC1C(=O)OC)C(C)C. The summed E-state index contributed by atoms with van der Waals surface area (Å²) in [4.78, 5) is 49.0. The molecule has 2 atom stereocenters. The molecule has 0 aromatic rings. The van der Waals surface area contributed by atoms with Gasteiger partial charge in [-0.2, -0.15) is 0 Å². The Morgan fingerprint density at radius 3 is 2.22 bits per heavy atom. The summed E-state index contributed by atoms with van der Waals surface area (Å²) in [5, 5.41) is 11.5. The lowest BCUT2D eigenvalue weighted by molar-refractivity contribution is -0.151. The molecular weight excluding hydrogens is 310 g/mol. The van der Waals surface area contributed by atoms with Crippen LogP contribution in [0.5, 0.6) is 0 Å². The minimum Gasteiger partial charge on any atom is -0.467 e. The van der Waals surface area contributed by atoms with Crippen LogP contribution in [-0.4, -0.2) is 78.5 Å². The number of carboxylic acid groups (broad SMARTS) is 1. The molecule has 23 heavy (non-hydrogen) atoms. The lowest BCUT2D eigenvalue weighted by Gasteiger charge is -2.28. The van der Waals surface area contributed by atoms with Gasteiger partial charge in [-0.3, -0.25) is 9.69 Å². The molecule has 1 fully saturated rings. The molecule has 1 aliphatic heterocycles. The maximum Gasteiger partial charge on any atom is 0.408 e. The van der Waals surface area contributed by atoms with Crippen LogP contribution < -0.4 is 5.32 Å². The number of nitrogens with one attached hydrogen (secondary N) is 1. The van der Waals surface area contributed by atoms with Gasteiger partial charge in [0.05, 0.1) is 20.8 Å². The molecule has 0 saturated carbocycles. The first kappa shape index (κ1) is 18.5. The standard InChI is InChI=1S/C13H21N3O7/c1-7(2)9(14-12(19)23-4)10(17)16-6-15(13(20)21)5-8(16)11(18)22-3/h7-9H,5-6H2,1-4H3,(H,14,19)(H,20,21). The quantitative estimate of drug-likeness (QED) is 0.677. The Bertz CT molecular complexity index is 494. The zero-order valence-corrected chi connectivity index (χ0v) is 13.4. The molecular formula is C13H21N3O7. The van der Waals surface area contributed by atoms with Gasteiger partial charge in [-0.1, -0.05) is 13.8 Å². The van der Waals surface area contributed by atoms with Crippen LogP contribution in [0.4, 0.5) is 9.59 Å². The number of hydrogen-bond donors (Lipinski definition) is 2. The highest BCUT2D eigenvalue weighted by atomic mass is 16.5. The van der Waals surface area contributed by atoms with E-state index in [0.717, 1.165) is 24.0 Å². The summed E-state index contributed by atoms with van der Waals surface area (Å²) in [6.07, 6.45) is -2.04. The molecule has 3 amide bonds. The number of nitrogens with zero attached hydrogens (tertiary/aromatic N) is 2. The van der Waals surface area contributed by atoms with Gasteiger partial charge in [-0.15, -0.1) is 0 Å². The number of carbonyl (C=O) groups excluding carboxylic acids is 3. The normalized spacial score (nSPS) is 18.6. The molecule has 10 heteroatoms. The number of carbonyl (C=O) groups is 4. The van der Waals surface area contributed by atoms with E-state index >= 15 is 0 Å². The molecule has 10 nitrogen and oxygen atoms in total. The second kappa shape index (κ2) is 7.65. The average molecular weight is 331 g/mol. The fourth-order valence-corrected chi connectivity index (χ4v) is 2.23. The molecule has 0 aromatic carbocycles. The van der Waals surface area contributed by atoms with Crippen molar-refractivity contribution in [3.05, 3.63) is 0 Å². The van der Waals surface area contributed by atoms with E-state index in [2.05, 4.69) is 14.8 Å². The van der Waals surface area contributed by atoms with Gasteiger partial charge in [-0.05, 0) is 5.92 Å². The predicted molar refractivity (Wildman–Crippen MR) is 76.4 cm³/mol. The minimum absolute atomic E-state index is 0.184. The Morgan fingerprint density at radius 1 is 1.17 bits per heavy atom. The van der Waals surface area contributed by atoms with Crippen LogP contribution in [0, 0.1) is 5.92 Å². The van der Waals surface area contributed by atoms with E-state index in [-0.39, 0.29) is 19.1 Å². The Balaban J connectivity index is 3.01. The van der Waals surface area contributed by atoms with Crippen molar-refractivity contribution < 1.29 is 33.8 Å². The fourth-order valence-electron chi connectivity index (χ4n) is 2.23. The number of esters is 1. The van der Waals surface area contributed by atoms with Gasteiger partial charge >= 0.3 is 18.2 Å². The van der Waals surface area contributed by atoms with Gasteiger partial charge in [0.15, 0.2) is 0 Å². The first-order chi connectivity index (χ1) is 10.7. The summed E-state index contributed by atoms with van der Waals surface area (Å²) < 4.78 is 9.10. The largest absolute Gasteiger partial charge is 0.467 e. The maximum absolute atomic E-state index is 12.7. The summed E-state index contributed by atoms with van der Waals surface area (Å²) in [7, 11) is 2.32. The summed E-state index contributed by atoms with van der Waals surface area (Å²) in [6, 6.07) is -2.01. The summed E-state index contributed by atoms with van der Waals surface area (Å²) in [6.45, 7) is 2.95. The molecule has 0 aliphatic carbocycles. The van der Waals surface area contributed by atoms with Crippen LogP contribution in [-0.2, 0) is 19.1 Å². The van der Waals surface area contributed by atoms with Crippen LogP contribution >= 0.6 is 0 Å². The van der Waals surface area contributed by atoms with Crippen molar-refractivity contribution in [2.75, 3.05) is 27.4 Å². The van der Waals surface area contributed by atoms with Crippen LogP contribution in [0.1, 0.15) is 13.8 Å². The zero-order chi connectivity index (χ0) is 17.7. The van der Waals surface area contributed by atoms with E-state index in [1.165, 1.54) is 0 Å². The maximum atomic E-state index is 12.7. The third-order valence-electron chi connectivity index (χ3n) is 3.51. The van der Waals surface area contributed by atoms with Gasteiger partial charge in [-0.25, -0.2) is 14.4 Å². The van der Waals surface area contributed by atoms with E-state index in [0.29, 0.717) is 0 Å². The van der Waals surface area contributed by atoms with Gasteiger partial charge in [0.1, 0.15) is 18.8 Å². The summed E-state index contributed by atoms with van der Waals surface area (Å²) in [5.41, 5.74) is 0. The van der Waals surface area contributed by atoms with Crippen molar-refractivity contribution in [2.24, 2.45) is 5.92 Å². The van der Waals surface area contributed by atoms with Crippen molar-refractivity contribution in [2.45, 2.75) is 25.9 Å². The van der Waals surface area contributed by atoms with E-state index in [1.54, 1.807) is 13.8 Å². The van der Waals surface area contributed by atoms with Crippen LogP contribution in [0.25, 0.3) is 0 Å². The summed E-state index contributed by atoms with van der Waals surface area (Å²) >= 11 is 0. The molecule has 1 heterocycles. The monoisotopic (exact) mass is 331 g/mol. The third-order valence-corrected chi connectivity index (χ3v) is 3.51. The Hall–Kier alpha value is -2.52. The van der Waals surface area contributed by atoms with Crippen LogP contribution in [0.3, 0.4) is 0 Å². The molecule has 0 bridgehead atoms. The van der Waals surface area contributed by atoms with Gasteiger partial charge < -0.3 is 24.8 Å². The number of alkyl carbamates (subject to hydrolysis) is 1. The van der Waals surface area contributed by atoms with E-state index in [1.807, 2.05) is 0 Å². The number of methoxy groups -OCH3 is 2. The Labute approximate surface area is 133 Å². The van der Waals surface area contributed by atoms with Crippen molar-refractivity contribution in [1.29, 1.82) is 0 Å². The summed E-state index contributed by atoms with van der Waals surface area (Å²) in [5.74, 6) is -1.59. The number of rotatable bonds is 4. The van der Waals surface area contributed by atoms with E-state index in [9.17, 15) is 19.2 Å². The van der Waals surface area contributed by atoms with E-state index < -0.39 is 36.1 Å². The smallest absolute Gasteiger partial charge is 0.408 e. The third kappa shape index (κ3) is 4.24. The minimum atomic E-state index is -1.25. The number of amides is 3. The zero-order valence-electron chi connectivity index (χ0n) is 13.4. The molecule has 0 spiro atoms. The second-order valence-electron chi connectivity index (χ2n) is 5.35. The Kier molecular flexibility index (Phi) is 6.17. The second-order valence-corrected chi connectivity index (χ2v) is 5.35. The highest BCUT2D eigenvalue weighted by Crippen LogP contribution is 2.18. The highest BCUT2D eigenvalue weighted by molar-refractivity contribution is 5.91. The molecule has 1 aliphatic rings. The lowest BCUT2D eigenvalue weighted by atomic mass is 10.0. The highest BCUT2D eigenvalue weighted by Gasteiger charge is 2.44. The van der Waals surface area contributed by atoms with Crippen LogP contribution in [0.15, 0.2) is 0 Å². The Morgan fingerprint density at radius 2 is 1.78 bits per heavy atom.